The maximum atomic E-state index is 12.1. The molecule has 7 heteroatoms. The van der Waals surface area contributed by atoms with Gasteiger partial charge in [0.15, 0.2) is 10.8 Å². The van der Waals surface area contributed by atoms with Crippen LogP contribution in [0.3, 0.4) is 0 Å². The van der Waals surface area contributed by atoms with Crippen LogP contribution in [0.5, 0.6) is 5.75 Å². The molecule has 0 atom stereocenters. The molecule has 0 saturated heterocycles. The van der Waals surface area contributed by atoms with Crippen molar-refractivity contribution in [1.29, 1.82) is 0 Å². The summed E-state index contributed by atoms with van der Waals surface area (Å²) in [6.07, 6.45) is 1.78. The van der Waals surface area contributed by atoms with Crippen molar-refractivity contribution in [2.24, 2.45) is 0 Å². The van der Waals surface area contributed by atoms with Crippen LogP contribution in [-0.4, -0.2) is 27.8 Å². The first-order valence-electron chi connectivity index (χ1n) is 7.14. The third kappa shape index (κ3) is 3.40. The minimum atomic E-state index is -0.257. The van der Waals surface area contributed by atoms with Crippen molar-refractivity contribution in [3.8, 4) is 17.0 Å². The number of methoxy groups -OCH3 is 1. The van der Waals surface area contributed by atoms with Gasteiger partial charge in [0.05, 0.1) is 12.8 Å². The third-order valence-corrected chi connectivity index (χ3v) is 4.07. The van der Waals surface area contributed by atoms with E-state index in [0.717, 1.165) is 23.6 Å². The molecule has 0 unspecified atom stereocenters. The Balaban J connectivity index is 1.72. The Morgan fingerprint density at radius 1 is 1.30 bits per heavy atom. The molecule has 0 aliphatic carbocycles. The van der Waals surface area contributed by atoms with Gasteiger partial charge >= 0.3 is 0 Å². The molecule has 3 rings (SSSR count). The summed E-state index contributed by atoms with van der Waals surface area (Å²) in [5, 5.41) is 9.41. The van der Waals surface area contributed by atoms with Crippen LogP contribution in [-0.2, 0) is 6.54 Å². The van der Waals surface area contributed by atoms with Gasteiger partial charge in [-0.15, -0.1) is 11.3 Å². The van der Waals surface area contributed by atoms with E-state index in [-0.39, 0.29) is 5.91 Å². The number of aryl methyl sites for hydroxylation is 1. The molecule has 2 heterocycles. The van der Waals surface area contributed by atoms with Gasteiger partial charge in [0, 0.05) is 23.7 Å². The van der Waals surface area contributed by atoms with Gasteiger partial charge in [-0.25, -0.2) is 4.98 Å². The fourth-order valence-corrected chi connectivity index (χ4v) is 2.76. The summed E-state index contributed by atoms with van der Waals surface area (Å²) in [7, 11) is 1.63. The molecule has 0 fully saturated rings. The van der Waals surface area contributed by atoms with Gasteiger partial charge in [-0.2, -0.15) is 5.10 Å². The Kier molecular flexibility index (Phi) is 4.38. The number of nitrogens with one attached hydrogen (secondary N) is 1. The summed E-state index contributed by atoms with van der Waals surface area (Å²) < 4.78 is 6.85. The molecule has 1 N–H and O–H groups in total. The zero-order valence-corrected chi connectivity index (χ0v) is 13.6. The fraction of sp³-hybridized carbons (Fsp3) is 0.188. The number of benzene rings is 1. The summed E-state index contributed by atoms with van der Waals surface area (Å²) in [5.41, 5.74) is 2.16. The number of thiazole rings is 1. The minimum absolute atomic E-state index is 0.257. The number of hydrogen-bond donors (Lipinski definition) is 1. The minimum Gasteiger partial charge on any atom is -0.497 e. The van der Waals surface area contributed by atoms with Crippen LogP contribution in [0.1, 0.15) is 17.4 Å². The number of hydrogen-bond acceptors (Lipinski definition) is 5. The Labute approximate surface area is 137 Å². The molecular weight excluding hydrogens is 312 g/mol. The lowest BCUT2D eigenvalue weighted by Gasteiger charge is -2.01. The first-order chi connectivity index (χ1) is 11.2. The van der Waals surface area contributed by atoms with Crippen molar-refractivity contribution < 1.29 is 9.53 Å². The van der Waals surface area contributed by atoms with Crippen LogP contribution < -0.4 is 10.1 Å². The SMILES string of the molecule is CCn1ccc(C(=O)Nc2nc(-c3ccc(OC)cc3)cs2)n1. The third-order valence-electron chi connectivity index (χ3n) is 3.31. The second-order valence-corrected chi connectivity index (χ2v) is 5.64. The van der Waals surface area contributed by atoms with E-state index in [4.69, 9.17) is 4.74 Å². The topological polar surface area (TPSA) is 69.0 Å². The molecule has 23 heavy (non-hydrogen) atoms. The van der Waals surface area contributed by atoms with Gasteiger partial charge < -0.3 is 4.74 Å². The molecule has 1 amide bonds. The average Bonchev–Trinajstić information content (AvgIpc) is 3.24. The van der Waals surface area contributed by atoms with E-state index in [1.165, 1.54) is 11.3 Å². The standard InChI is InChI=1S/C16H16N4O2S/c1-3-20-9-8-13(19-20)15(21)18-16-17-14(10-23-16)11-4-6-12(22-2)7-5-11/h4-10H,3H2,1-2H3,(H,17,18,21). The van der Waals surface area contributed by atoms with E-state index >= 15 is 0 Å². The van der Waals surface area contributed by atoms with E-state index in [9.17, 15) is 4.79 Å². The monoisotopic (exact) mass is 328 g/mol. The number of carbonyl (C=O) groups excluding carboxylic acids is 1. The quantitative estimate of drug-likeness (QED) is 0.780. The van der Waals surface area contributed by atoms with Gasteiger partial charge in [0.1, 0.15) is 5.75 Å². The lowest BCUT2D eigenvalue weighted by molar-refractivity contribution is 0.102. The van der Waals surface area contributed by atoms with Crippen LogP contribution in [0.4, 0.5) is 5.13 Å². The molecule has 6 nitrogen and oxygen atoms in total. The number of amides is 1. The zero-order valence-electron chi connectivity index (χ0n) is 12.8. The highest BCUT2D eigenvalue weighted by Crippen LogP contribution is 2.26. The molecule has 0 saturated carbocycles. The van der Waals surface area contributed by atoms with Crippen molar-refractivity contribution in [1.82, 2.24) is 14.8 Å². The first kappa shape index (κ1) is 15.2. The van der Waals surface area contributed by atoms with Crippen LogP contribution in [0.2, 0.25) is 0 Å². The van der Waals surface area contributed by atoms with E-state index in [0.29, 0.717) is 10.8 Å². The highest BCUT2D eigenvalue weighted by molar-refractivity contribution is 7.14. The van der Waals surface area contributed by atoms with E-state index < -0.39 is 0 Å². The number of ether oxygens (including phenoxy) is 1. The highest BCUT2D eigenvalue weighted by Gasteiger charge is 2.12. The molecule has 0 bridgehead atoms. The Hall–Kier alpha value is -2.67. The van der Waals surface area contributed by atoms with E-state index in [2.05, 4.69) is 15.4 Å². The second kappa shape index (κ2) is 6.62. The molecule has 2 aromatic heterocycles. The number of anilines is 1. The second-order valence-electron chi connectivity index (χ2n) is 4.78. The number of rotatable bonds is 5. The van der Waals surface area contributed by atoms with Crippen molar-refractivity contribution >= 4 is 22.4 Å². The lowest BCUT2D eigenvalue weighted by Crippen LogP contribution is -2.13. The molecule has 118 valence electrons. The fourth-order valence-electron chi connectivity index (χ4n) is 2.05. The number of aromatic nitrogens is 3. The van der Waals surface area contributed by atoms with Gasteiger partial charge in [-0.05, 0) is 37.3 Å². The van der Waals surface area contributed by atoms with Gasteiger partial charge in [0.25, 0.3) is 5.91 Å². The van der Waals surface area contributed by atoms with Gasteiger partial charge in [-0.3, -0.25) is 14.8 Å². The number of carbonyl (C=O) groups is 1. The Morgan fingerprint density at radius 2 is 2.09 bits per heavy atom. The van der Waals surface area contributed by atoms with Gasteiger partial charge in [0.2, 0.25) is 0 Å². The summed E-state index contributed by atoms with van der Waals surface area (Å²) in [6.45, 7) is 2.70. The zero-order chi connectivity index (χ0) is 16.2. The van der Waals surface area contributed by atoms with Gasteiger partial charge in [-0.1, -0.05) is 0 Å². The highest BCUT2D eigenvalue weighted by atomic mass is 32.1. The molecule has 0 aliphatic heterocycles. The van der Waals surface area contributed by atoms with Crippen LogP contribution in [0.25, 0.3) is 11.3 Å². The van der Waals surface area contributed by atoms with Crippen LogP contribution in [0, 0.1) is 0 Å². The van der Waals surface area contributed by atoms with Crippen LogP contribution in [0.15, 0.2) is 41.9 Å². The van der Waals surface area contributed by atoms with Crippen LogP contribution >= 0.6 is 11.3 Å². The van der Waals surface area contributed by atoms with Crippen molar-refractivity contribution in [2.75, 3.05) is 12.4 Å². The van der Waals surface area contributed by atoms with Crippen molar-refractivity contribution in [2.45, 2.75) is 13.5 Å². The molecule has 1 aromatic carbocycles. The predicted molar refractivity (Wildman–Crippen MR) is 90.0 cm³/mol. The van der Waals surface area contributed by atoms with E-state index in [1.807, 2.05) is 36.6 Å². The smallest absolute Gasteiger partial charge is 0.277 e. The Morgan fingerprint density at radius 3 is 2.74 bits per heavy atom. The van der Waals surface area contributed by atoms with Crippen molar-refractivity contribution in [3.05, 3.63) is 47.6 Å². The Bertz CT molecular complexity index is 808. The normalized spacial score (nSPS) is 10.5. The maximum absolute atomic E-state index is 12.1. The predicted octanol–water partition coefficient (Wildman–Crippen LogP) is 3.29. The summed E-state index contributed by atoms with van der Waals surface area (Å²) >= 11 is 1.38. The molecule has 0 spiro atoms. The number of nitrogens with zero attached hydrogens (tertiary/aromatic N) is 3. The van der Waals surface area contributed by atoms with E-state index in [1.54, 1.807) is 24.1 Å². The maximum Gasteiger partial charge on any atom is 0.277 e. The molecule has 0 radical (unpaired) electrons. The summed E-state index contributed by atoms with van der Waals surface area (Å²) in [5.74, 6) is 0.539. The summed E-state index contributed by atoms with van der Waals surface area (Å²) in [4.78, 5) is 16.6. The molecule has 3 aromatic rings. The summed E-state index contributed by atoms with van der Waals surface area (Å²) in [6, 6.07) is 9.32. The lowest BCUT2D eigenvalue weighted by atomic mass is 10.2. The molecular formula is C16H16N4O2S. The molecule has 0 aliphatic rings. The first-order valence-corrected chi connectivity index (χ1v) is 8.02. The average molecular weight is 328 g/mol. The van der Waals surface area contributed by atoms with Crippen molar-refractivity contribution in [3.63, 3.8) is 0 Å². The largest absolute Gasteiger partial charge is 0.497 e.